The summed E-state index contributed by atoms with van der Waals surface area (Å²) < 4.78 is 0. The maximum absolute atomic E-state index is 9.02. The Morgan fingerprint density at radius 3 is 2.79 bits per heavy atom. The van der Waals surface area contributed by atoms with Crippen LogP contribution in [0.2, 0.25) is 0 Å². The van der Waals surface area contributed by atoms with Gasteiger partial charge in [0.15, 0.2) is 0 Å². The zero-order valence-electron chi connectivity index (χ0n) is 14.7. The molecule has 1 aromatic heterocycles. The first-order chi connectivity index (χ1) is 11.5. The highest BCUT2D eigenvalue weighted by molar-refractivity contribution is 5.50. The summed E-state index contributed by atoms with van der Waals surface area (Å²) in [5.41, 5.74) is 3.86. The van der Waals surface area contributed by atoms with Crippen molar-refractivity contribution < 1.29 is 5.11 Å². The van der Waals surface area contributed by atoms with Gasteiger partial charge in [-0.3, -0.25) is 0 Å². The van der Waals surface area contributed by atoms with Gasteiger partial charge >= 0.3 is 0 Å². The van der Waals surface area contributed by atoms with Gasteiger partial charge in [-0.05, 0) is 17.5 Å². The first kappa shape index (κ1) is 16.7. The molecule has 0 atom stereocenters. The molecule has 0 radical (unpaired) electrons. The van der Waals surface area contributed by atoms with E-state index >= 15 is 0 Å². The summed E-state index contributed by atoms with van der Waals surface area (Å²) >= 11 is 0. The van der Waals surface area contributed by atoms with Crippen molar-refractivity contribution in [3.63, 3.8) is 0 Å². The highest BCUT2D eigenvalue weighted by Gasteiger charge is 2.32. The van der Waals surface area contributed by atoms with Gasteiger partial charge in [0, 0.05) is 36.8 Å². The fourth-order valence-corrected chi connectivity index (χ4v) is 3.38. The van der Waals surface area contributed by atoms with Gasteiger partial charge in [0.2, 0.25) is 5.95 Å². The first-order valence-electron chi connectivity index (χ1n) is 8.59. The van der Waals surface area contributed by atoms with Crippen molar-refractivity contribution in [3.8, 4) is 0 Å². The topological polar surface area (TPSA) is 61.3 Å². The number of benzene rings is 1. The van der Waals surface area contributed by atoms with Crippen molar-refractivity contribution in [1.29, 1.82) is 0 Å². The molecule has 0 saturated heterocycles. The van der Waals surface area contributed by atoms with Crippen LogP contribution in [0.5, 0.6) is 0 Å². The fourth-order valence-electron chi connectivity index (χ4n) is 3.38. The average Bonchev–Trinajstić information content (AvgIpc) is 2.59. The van der Waals surface area contributed by atoms with Crippen LogP contribution in [-0.2, 0) is 18.4 Å². The van der Waals surface area contributed by atoms with Crippen LogP contribution in [0.3, 0.4) is 0 Å². The standard InChI is InChI=1S/C19H26N4O/c1-4-15-11-17(22-18(21-15)20-9-10-24)23-12-14-7-5-6-8-16(14)19(2,3)13-23/h5-8,11,24H,4,9-10,12-13H2,1-3H3,(H,20,21,22). The Kier molecular flexibility index (Phi) is 4.71. The van der Waals surface area contributed by atoms with Gasteiger partial charge < -0.3 is 15.3 Å². The van der Waals surface area contributed by atoms with E-state index in [4.69, 9.17) is 5.11 Å². The molecule has 1 aromatic carbocycles. The molecule has 1 aliphatic heterocycles. The number of rotatable bonds is 5. The van der Waals surface area contributed by atoms with E-state index in [2.05, 4.69) is 71.3 Å². The van der Waals surface area contributed by atoms with E-state index in [0.717, 1.165) is 31.0 Å². The molecule has 0 fully saturated rings. The Labute approximate surface area is 143 Å². The second-order valence-corrected chi connectivity index (χ2v) is 6.94. The molecule has 0 bridgehead atoms. The zero-order valence-corrected chi connectivity index (χ0v) is 14.7. The van der Waals surface area contributed by atoms with E-state index in [1.54, 1.807) is 0 Å². The number of hydrogen-bond donors (Lipinski definition) is 2. The molecule has 5 nitrogen and oxygen atoms in total. The molecule has 0 amide bonds. The maximum atomic E-state index is 9.02. The molecule has 2 aromatic rings. The number of hydrogen-bond acceptors (Lipinski definition) is 5. The van der Waals surface area contributed by atoms with Crippen LogP contribution in [0.15, 0.2) is 30.3 Å². The van der Waals surface area contributed by atoms with Gasteiger partial charge in [-0.2, -0.15) is 4.98 Å². The van der Waals surface area contributed by atoms with Crippen LogP contribution in [0.25, 0.3) is 0 Å². The lowest BCUT2D eigenvalue weighted by atomic mass is 9.78. The second kappa shape index (κ2) is 6.77. The molecule has 2 N–H and O–H groups in total. The van der Waals surface area contributed by atoms with Crippen molar-refractivity contribution in [2.24, 2.45) is 0 Å². The van der Waals surface area contributed by atoms with Crippen molar-refractivity contribution in [2.75, 3.05) is 29.9 Å². The van der Waals surface area contributed by atoms with E-state index in [-0.39, 0.29) is 12.0 Å². The van der Waals surface area contributed by atoms with Crippen LogP contribution < -0.4 is 10.2 Å². The molecule has 128 valence electrons. The summed E-state index contributed by atoms with van der Waals surface area (Å²) in [5.74, 6) is 1.54. The van der Waals surface area contributed by atoms with Gasteiger partial charge in [0.05, 0.1) is 6.61 Å². The van der Waals surface area contributed by atoms with E-state index in [1.807, 2.05) is 0 Å². The highest BCUT2D eigenvalue weighted by Crippen LogP contribution is 2.35. The first-order valence-corrected chi connectivity index (χ1v) is 8.59. The summed E-state index contributed by atoms with van der Waals surface area (Å²) in [6, 6.07) is 10.7. The number of aromatic nitrogens is 2. The van der Waals surface area contributed by atoms with Crippen molar-refractivity contribution in [3.05, 3.63) is 47.2 Å². The highest BCUT2D eigenvalue weighted by atomic mass is 16.3. The lowest BCUT2D eigenvalue weighted by molar-refractivity contribution is 0.311. The minimum atomic E-state index is 0.0686. The summed E-state index contributed by atoms with van der Waals surface area (Å²) in [4.78, 5) is 11.5. The smallest absolute Gasteiger partial charge is 0.224 e. The monoisotopic (exact) mass is 326 g/mol. The third-order valence-electron chi connectivity index (χ3n) is 4.54. The number of nitrogens with one attached hydrogen (secondary N) is 1. The Morgan fingerprint density at radius 2 is 2.04 bits per heavy atom. The maximum Gasteiger partial charge on any atom is 0.224 e. The Hall–Kier alpha value is -2.14. The third kappa shape index (κ3) is 3.36. The number of nitrogens with zero attached hydrogens (tertiary/aromatic N) is 3. The fraction of sp³-hybridized carbons (Fsp3) is 0.474. The van der Waals surface area contributed by atoms with Crippen LogP contribution in [-0.4, -0.2) is 34.8 Å². The van der Waals surface area contributed by atoms with E-state index in [1.165, 1.54) is 11.1 Å². The predicted octanol–water partition coefficient (Wildman–Crippen LogP) is 2.74. The normalized spacial score (nSPS) is 15.9. The van der Waals surface area contributed by atoms with E-state index in [0.29, 0.717) is 12.5 Å². The molecular weight excluding hydrogens is 300 g/mol. The lowest BCUT2D eigenvalue weighted by Gasteiger charge is -2.40. The van der Waals surface area contributed by atoms with Crippen molar-refractivity contribution in [2.45, 2.75) is 39.2 Å². The van der Waals surface area contributed by atoms with Gasteiger partial charge in [-0.25, -0.2) is 4.98 Å². The lowest BCUT2D eigenvalue weighted by Crippen LogP contribution is -2.42. The van der Waals surface area contributed by atoms with Crippen LogP contribution >= 0.6 is 0 Å². The molecule has 0 aliphatic carbocycles. The van der Waals surface area contributed by atoms with Crippen LogP contribution in [0, 0.1) is 0 Å². The molecule has 0 saturated carbocycles. The van der Waals surface area contributed by atoms with E-state index < -0.39 is 0 Å². The van der Waals surface area contributed by atoms with Crippen LogP contribution in [0.4, 0.5) is 11.8 Å². The largest absolute Gasteiger partial charge is 0.395 e. The number of anilines is 2. The number of aryl methyl sites for hydroxylation is 1. The zero-order chi connectivity index (χ0) is 17.2. The average molecular weight is 326 g/mol. The minimum Gasteiger partial charge on any atom is -0.395 e. The molecular formula is C19H26N4O. The summed E-state index contributed by atoms with van der Waals surface area (Å²) in [5, 5.41) is 12.1. The molecule has 0 unspecified atom stereocenters. The number of fused-ring (bicyclic) bond motifs is 1. The molecule has 5 heteroatoms. The molecule has 2 heterocycles. The molecule has 24 heavy (non-hydrogen) atoms. The number of aliphatic hydroxyl groups excluding tert-OH is 1. The molecule has 0 spiro atoms. The Balaban J connectivity index is 1.94. The van der Waals surface area contributed by atoms with Crippen molar-refractivity contribution >= 4 is 11.8 Å². The Bertz CT molecular complexity index is 714. The predicted molar refractivity (Wildman–Crippen MR) is 97.5 cm³/mol. The van der Waals surface area contributed by atoms with Gasteiger partial charge in [0.1, 0.15) is 5.82 Å². The summed E-state index contributed by atoms with van der Waals surface area (Å²) in [7, 11) is 0. The van der Waals surface area contributed by atoms with Crippen molar-refractivity contribution in [1.82, 2.24) is 9.97 Å². The van der Waals surface area contributed by atoms with Gasteiger partial charge in [-0.15, -0.1) is 0 Å². The Morgan fingerprint density at radius 1 is 1.25 bits per heavy atom. The van der Waals surface area contributed by atoms with Gasteiger partial charge in [0.25, 0.3) is 0 Å². The van der Waals surface area contributed by atoms with E-state index in [9.17, 15) is 0 Å². The third-order valence-corrected chi connectivity index (χ3v) is 4.54. The SMILES string of the molecule is CCc1cc(N2Cc3ccccc3C(C)(C)C2)nc(NCCO)n1. The minimum absolute atomic E-state index is 0.0686. The second-order valence-electron chi connectivity index (χ2n) is 6.94. The summed E-state index contributed by atoms with van der Waals surface area (Å²) in [6.07, 6.45) is 0.858. The number of aliphatic hydroxyl groups is 1. The quantitative estimate of drug-likeness (QED) is 0.885. The van der Waals surface area contributed by atoms with Crippen LogP contribution in [0.1, 0.15) is 37.6 Å². The molecule has 3 rings (SSSR count). The molecule has 1 aliphatic rings. The summed E-state index contributed by atoms with van der Waals surface area (Å²) in [6.45, 7) is 8.97. The van der Waals surface area contributed by atoms with Gasteiger partial charge in [-0.1, -0.05) is 45.0 Å².